The number of ether oxygens (including phenoxy) is 1. The molecule has 0 aromatic heterocycles. The second-order valence-electron chi connectivity index (χ2n) is 3.37. The minimum atomic E-state index is -0.851. The SMILES string of the molecule is CC(C#N)N1CCOCC1CC(=O)O. The lowest BCUT2D eigenvalue weighted by molar-refractivity contribution is -0.140. The summed E-state index contributed by atoms with van der Waals surface area (Å²) < 4.78 is 5.19. The van der Waals surface area contributed by atoms with Gasteiger partial charge in [0.25, 0.3) is 0 Å². The molecule has 5 nitrogen and oxygen atoms in total. The second-order valence-corrected chi connectivity index (χ2v) is 3.37. The summed E-state index contributed by atoms with van der Waals surface area (Å²) in [5, 5.41) is 17.4. The third-order valence-corrected chi connectivity index (χ3v) is 2.37. The zero-order valence-electron chi connectivity index (χ0n) is 8.14. The van der Waals surface area contributed by atoms with Gasteiger partial charge in [-0.2, -0.15) is 5.26 Å². The first kappa shape index (κ1) is 11.0. The summed E-state index contributed by atoms with van der Waals surface area (Å²) >= 11 is 0. The van der Waals surface area contributed by atoms with Crippen LogP contribution >= 0.6 is 0 Å². The molecule has 2 atom stereocenters. The predicted molar refractivity (Wildman–Crippen MR) is 48.6 cm³/mol. The van der Waals surface area contributed by atoms with Gasteiger partial charge in [-0.3, -0.25) is 9.69 Å². The number of rotatable bonds is 3. The molecule has 1 saturated heterocycles. The highest BCUT2D eigenvalue weighted by molar-refractivity contribution is 5.67. The summed E-state index contributed by atoms with van der Waals surface area (Å²) in [4.78, 5) is 12.4. The van der Waals surface area contributed by atoms with Gasteiger partial charge in [-0.25, -0.2) is 0 Å². The molecule has 1 rings (SSSR count). The number of carbonyl (C=O) groups is 1. The molecule has 1 heterocycles. The van der Waals surface area contributed by atoms with Crippen molar-refractivity contribution in [1.82, 2.24) is 4.90 Å². The molecule has 0 bridgehead atoms. The van der Waals surface area contributed by atoms with Crippen LogP contribution in [0.3, 0.4) is 0 Å². The highest BCUT2D eigenvalue weighted by Crippen LogP contribution is 2.13. The van der Waals surface area contributed by atoms with Crippen molar-refractivity contribution in [2.45, 2.75) is 25.4 Å². The quantitative estimate of drug-likeness (QED) is 0.694. The molecule has 2 unspecified atom stereocenters. The molecule has 14 heavy (non-hydrogen) atoms. The summed E-state index contributed by atoms with van der Waals surface area (Å²) in [6.45, 7) is 3.38. The molecule has 78 valence electrons. The Kier molecular flexibility index (Phi) is 3.86. The Labute approximate surface area is 82.9 Å². The number of hydrogen-bond donors (Lipinski definition) is 1. The molecule has 1 N–H and O–H groups in total. The zero-order valence-corrected chi connectivity index (χ0v) is 8.14. The third-order valence-electron chi connectivity index (χ3n) is 2.37. The lowest BCUT2D eigenvalue weighted by atomic mass is 10.1. The number of carboxylic acids is 1. The van der Waals surface area contributed by atoms with Gasteiger partial charge in [0.2, 0.25) is 0 Å². The van der Waals surface area contributed by atoms with E-state index in [9.17, 15) is 4.79 Å². The van der Waals surface area contributed by atoms with E-state index in [0.717, 1.165) is 0 Å². The first-order valence-corrected chi connectivity index (χ1v) is 4.60. The largest absolute Gasteiger partial charge is 0.481 e. The maximum atomic E-state index is 10.6. The Morgan fingerprint density at radius 3 is 3.14 bits per heavy atom. The van der Waals surface area contributed by atoms with Crippen molar-refractivity contribution in [1.29, 1.82) is 5.26 Å². The minimum absolute atomic E-state index is 0.0337. The molecule has 0 aromatic carbocycles. The smallest absolute Gasteiger partial charge is 0.305 e. The van der Waals surface area contributed by atoms with E-state index >= 15 is 0 Å². The summed E-state index contributed by atoms with van der Waals surface area (Å²) in [7, 11) is 0. The fraction of sp³-hybridized carbons (Fsp3) is 0.778. The van der Waals surface area contributed by atoms with Crippen molar-refractivity contribution < 1.29 is 14.6 Å². The molecular weight excluding hydrogens is 184 g/mol. The molecule has 1 fully saturated rings. The molecule has 0 saturated carbocycles. The van der Waals surface area contributed by atoms with Crippen LogP contribution in [0.2, 0.25) is 0 Å². The van der Waals surface area contributed by atoms with Gasteiger partial charge < -0.3 is 9.84 Å². The van der Waals surface area contributed by atoms with Crippen LogP contribution in [0.15, 0.2) is 0 Å². The Morgan fingerprint density at radius 1 is 1.86 bits per heavy atom. The Bertz CT molecular complexity index is 249. The molecule has 5 heteroatoms. The third kappa shape index (κ3) is 2.69. The van der Waals surface area contributed by atoms with Crippen molar-refractivity contribution in [3.63, 3.8) is 0 Å². The molecule has 0 aromatic rings. The number of carboxylic acid groups (broad SMARTS) is 1. The summed E-state index contributed by atoms with van der Waals surface area (Å²) in [5.41, 5.74) is 0. The van der Waals surface area contributed by atoms with Crippen LogP contribution in [0.5, 0.6) is 0 Å². The highest BCUT2D eigenvalue weighted by Gasteiger charge is 2.28. The number of aliphatic carboxylic acids is 1. The lowest BCUT2D eigenvalue weighted by Crippen LogP contribution is -2.50. The van der Waals surface area contributed by atoms with E-state index in [1.807, 2.05) is 4.90 Å². The summed E-state index contributed by atoms with van der Waals surface area (Å²) in [6, 6.07) is 1.70. The van der Waals surface area contributed by atoms with Crippen LogP contribution in [0, 0.1) is 11.3 Å². The van der Waals surface area contributed by atoms with E-state index in [1.165, 1.54) is 0 Å². The van der Waals surface area contributed by atoms with Gasteiger partial charge in [0.05, 0.1) is 31.7 Å². The van der Waals surface area contributed by atoms with E-state index in [-0.39, 0.29) is 18.5 Å². The van der Waals surface area contributed by atoms with Gasteiger partial charge in [-0.05, 0) is 6.92 Å². The first-order valence-electron chi connectivity index (χ1n) is 4.60. The van der Waals surface area contributed by atoms with Gasteiger partial charge >= 0.3 is 5.97 Å². The Hall–Kier alpha value is -1.12. The molecule has 1 aliphatic rings. The minimum Gasteiger partial charge on any atom is -0.481 e. The van der Waals surface area contributed by atoms with Gasteiger partial charge in [0.1, 0.15) is 0 Å². The van der Waals surface area contributed by atoms with Crippen LogP contribution in [-0.4, -0.2) is 47.8 Å². The van der Waals surface area contributed by atoms with E-state index < -0.39 is 5.97 Å². The second kappa shape index (κ2) is 4.94. The fourth-order valence-corrected chi connectivity index (χ4v) is 1.63. The number of hydrogen-bond acceptors (Lipinski definition) is 4. The van der Waals surface area contributed by atoms with Crippen LogP contribution in [0.4, 0.5) is 0 Å². The summed E-state index contributed by atoms with van der Waals surface area (Å²) in [6.07, 6.45) is 0.0337. The molecule has 0 spiro atoms. The first-order chi connectivity index (χ1) is 6.65. The Balaban J connectivity index is 2.59. The normalized spacial score (nSPS) is 25.3. The lowest BCUT2D eigenvalue weighted by Gasteiger charge is -2.36. The average molecular weight is 198 g/mol. The van der Waals surface area contributed by atoms with Crippen LogP contribution in [0.1, 0.15) is 13.3 Å². The molecule has 1 aliphatic heterocycles. The van der Waals surface area contributed by atoms with Crippen molar-refractivity contribution in [2.24, 2.45) is 0 Å². The number of nitriles is 1. The van der Waals surface area contributed by atoms with E-state index in [1.54, 1.807) is 6.92 Å². The van der Waals surface area contributed by atoms with E-state index in [2.05, 4.69) is 6.07 Å². The zero-order chi connectivity index (χ0) is 10.6. The molecular formula is C9H14N2O3. The van der Waals surface area contributed by atoms with Crippen molar-refractivity contribution in [3.05, 3.63) is 0 Å². The molecule has 0 radical (unpaired) electrons. The Morgan fingerprint density at radius 2 is 2.57 bits per heavy atom. The van der Waals surface area contributed by atoms with E-state index in [4.69, 9.17) is 15.1 Å². The maximum Gasteiger partial charge on any atom is 0.305 e. The fourth-order valence-electron chi connectivity index (χ4n) is 1.63. The predicted octanol–water partition coefficient (Wildman–Crippen LogP) is 0.0740. The van der Waals surface area contributed by atoms with Crippen LogP contribution in [0.25, 0.3) is 0 Å². The maximum absolute atomic E-state index is 10.6. The average Bonchev–Trinajstić information content (AvgIpc) is 2.16. The number of morpholine rings is 1. The monoisotopic (exact) mass is 198 g/mol. The topological polar surface area (TPSA) is 73.6 Å². The standard InChI is InChI=1S/C9H14N2O3/c1-7(5-10)11-2-3-14-6-8(11)4-9(12)13/h7-8H,2-4,6H2,1H3,(H,12,13). The van der Waals surface area contributed by atoms with Gasteiger partial charge in [-0.1, -0.05) is 0 Å². The van der Waals surface area contributed by atoms with Gasteiger partial charge in [-0.15, -0.1) is 0 Å². The number of nitrogens with zero attached hydrogens (tertiary/aromatic N) is 2. The van der Waals surface area contributed by atoms with Gasteiger partial charge in [0, 0.05) is 12.6 Å². The van der Waals surface area contributed by atoms with Gasteiger partial charge in [0.15, 0.2) is 0 Å². The summed E-state index contributed by atoms with van der Waals surface area (Å²) in [5.74, 6) is -0.851. The van der Waals surface area contributed by atoms with Crippen molar-refractivity contribution in [2.75, 3.05) is 19.8 Å². The van der Waals surface area contributed by atoms with Crippen molar-refractivity contribution >= 4 is 5.97 Å². The molecule has 0 amide bonds. The van der Waals surface area contributed by atoms with Crippen molar-refractivity contribution in [3.8, 4) is 6.07 Å². The van der Waals surface area contributed by atoms with Crippen LogP contribution in [-0.2, 0) is 9.53 Å². The van der Waals surface area contributed by atoms with E-state index in [0.29, 0.717) is 19.8 Å². The van der Waals surface area contributed by atoms with Crippen LogP contribution < -0.4 is 0 Å². The highest BCUT2D eigenvalue weighted by atomic mass is 16.5. The molecule has 0 aliphatic carbocycles.